The Kier molecular flexibility index (Phi) is 69.1. The number of ether oxygens (including phenoxy) is 3. The maximum absolute atomic E-state index is 13.0. The Morgan fingerprint density at radius 2 is 0.470 bits per heavy atom. The van der Waals surface area contributed by atoms with Gasteiger partial charge in [-0.3, -0.25) is 14.4 Å². The first-order valence-electron chi connectivity index (χ1n) is 36.8. The summed E-state index contributed by atoms with van der Waals surface area (Å²) in [5.41, 5.74) is 0. The molecule has 0 N–H and O–H groups in total. The number of esters is 3. The smallest absolute Gasteiger partial charge is 0.306 e. The molecule has 0 rings (SSSR count). The molecule has 1 atom stereocenters. The summed E-state index contributed by atoms with van der Waals surface area (Å²) >= 11 is 0. The molecule has 0 heterocycles. The summed E-state index contributed by atoms with van der Waals surface area (Å²) in [7, 11) is 0. The largest absolute Gasteiger partial charge is 0.462 e. The quantitative estimate of drug-likeness (QED) is 0.0261. The highest BCUT2D eigenvalue weighted by atomic mass is 16.6. The van der Waals surface area contributed by atoms with Gasteiger partial charge in [0.05, 0.1) is 0 Å². The lowest BCUT2D eigenvalue weighted by atomic mass is 10.0. The van der Waals surface area contributed by atoms with Gasteiger partial charge >= 0.3 is 17.9 Å². The standard InChI is InChI=1S/C77H140O6/c1-4-7-10-13-16-19-22-25-28-31-33-35-36-37-38-39-40-42-43-46-49-52-55-58-61-64-67-70-76(79)82-73-74(72-81-75(78)69-66-63-60-57-54-51-48-45-30-27-24-21-18-15-12-9-6-3)83-77(80)71-68-65-62-59-56-53-50-47-44-41-34-32-29-26-23-20-17-14-11-8-5-2/h9,12,18,21,27,30,32,34,48,51,74H,4-8,10-11,13-17,19-20,22-26,28-29,31,33,35-47,49-50,52-73H2,1-3H3/b12-9-,21-18-,30-27-,34-32-,51-48-. The van der Waals surface area contributed by atoms with Crippen LogP contribution >= 0.6 is 0 Å². The van der Waals surface area contributed by atoms with Crippen LogP contribution in [0.5, 0.6) is 0 Å². The molecule has 0 aromatic carbocycles. The fourth-order valence-electron chi connectivity index (χ4n) is 11.0. The van der Waals surface area contributed by atoms with Crippen LogP contribution in [0.25, 0.3) is 0 Å². The summed E-state index contributed by atoms with van der Waals surface area (Å²) in [4.78, 5) is 38.5. The van der Waals surface area contributed by atoms with E-state index in [2.05, 4.69) is 81.5 Å². The zero-order valence-corrected chi connectivity index (χ0v) is 55.7. The third-order valence-corrected chi connectivity index (χ3v) is 16.5. The predicted octanol–water partition coefficient (Wildman–Crippen LogP) is 25.5. The number of allylic oxidation sites excluding steroid dienone is 10. The minimum absolute atomic E-state index is 0.0791. The van der Waals surface area contributed by atoms with Crippen LogP contribution in [0.1, 0.15) is 393 Å². The number of hydrogen-bond donors (Lipinski definition) is 0. The molecule has 0 amide bonds. The van der Waals surface area contributed by atoms with E-state index < -0.39 is 6.10 Å². The van der Waals surface area contributed by atoms with Gasteiger partial charge in [-0.25, -0.2) is 0 Å². The van der Waals surface area contributed by atoms with Gasteiger partial charge in [-0.15, -0.1) is 0 Å². The zero-order valence-electron chi connectivity index (χ0n) is 55.7. The Hall–Kier alpha value is -2.89. The van der Waals surface area contributed by atoms with Gasteiger partial charge in [0.15, 0.2) is 6.10 Å². The first-order chi connectivity index (χ1) is 41.0. The van der Waals surface area contributed by atoms with Gasteiger partial charge in [-0.2, -0.15) is 0 Å². The predicted molar refractivity (Wildman–Crippen MR) is 362 cm³/mol. The van der Waals surface area contributed by atoms with Crippen molar-refractivity contribution >= 4 is 17.9 Å². The van der Waals surface area contributed by atoms with Gasteiger partial charge in [0.2, 0.25) is 0 Å². The first kappa shape index (κ1) is 80.1. The van der Waals surface area contributed by atoms with Crippen LogP contribution in [0.15, 0.2) is 60.8 Å². The van der Waals surface area contributed by atoms with Gasteiger partial charge in [0.1, 0.15) is 13.2 Å². The number of hydrogen-bond acceptors (Lipinski definition) is 6. The molecule has 0 saturated heterocycles. The molecule has 0 fully saturated rings. The summed E-state index contributed by atoms with van der Waals surface area (Å²) < 4.78 is 17.0. The maximum Gasteiger partial charge on any atom is 0.306 e. The first-order valence-corrected chi connectivity index (χ1v) is 36.8. The second-order valence-corrected chi connectivity index (χ2v) is 24.8. The van der Waals surface area contributed by atoms with Crippen LogP contribution in [0.3, 0.4) is 0 Å². The molecule has 0 aliphatic carbocycles. The van der Waals surface area contributed by atoms with E-state index >= 15 is 0 Å². The van der Waals surface area contributed by atoms with Crippen molar-refractivity contribution in [2.75, 3.05) is 13.2 Å². The molecule has 0 aliphatic heterocycles. The van der Waals surface area contributed by atoms with Crippen molar-refractivity contribution in [2.24, 2.45) is 0 Å². The summed E-state index contributed by atoms with van der Waals surface area (Å²) in [6, 6.07) is 0. The van der Waals surface area contributed by atoms with E-state index in [4.69, 9.17) is 14.2 Å². The number of rotatable bonds is 68. The van der Waals surface area contributed by atoms with Crippen molar-refractivity contribution in [2.45, 2.75) is 399 Å². The Labute approximate surface area is 517 Å². The summed E-state index contributed by atoms with van der Waals surface area (Å²) in [5.74, 6) is -0.880. The Bertz CT molecular complexity index is 1470. The van der Waals surface area contributed by atoms with Crippen LogP contribution in [-0.2, 0) is 28.6 Å². The highest BCUT2D eigenvalue weighted by molar-refractivity contribution is 5.71. The fourth-order valence-corrected chi connectivity index (χ4v) is 11.0. The molecule has 6 nitrogen and oxygen atoms in total. The summed E-state index contributed by atoms with van der Waals surface area (Å²) in [6.07, 6.45) is 92.6. The topological polar surface area (TPSA) is 78.9 Å². The normalized spacial score (nSPS) is 12.4. The minimum Gasteiger partial charge on any atom is -0.462 e. The fraction of sp³-hybridized carbons (Fsp3) is 0.831. The SMILES string of the molecule is CC/C=C\C/C=C\C/C=C\C/C=C\CCCCCCC(=O)OCC(COC(=O)CCCCCCCCCCCCCCCCCCCCCCCCCCCCC)OC(=O)CCCCCCCCCCC/C=C\CCCCCCCCCC. The van der Waals surface area contributed by atoms with E-state index in [1.807, 2.05) is 0 Å². The lowest BCUT2D eigenvalue weighted by Gasteiger charge is -2.18. The van der Waals surface area contributed by atoms with E-state index in [1.165, 1.54) is 257 Å². The van der Waals surface area contributed by atoms with Crippen LogP contribution in [-0.4, -0.2) is 37.2 Å². The molecule has 0 aromatic heterocycles. The highest BCUT2D eigenvalue weighted by Gasteiger charge is 2.19. The van der Waals surface area contributed by atoms with Crippen molar-refractivity contribution in [3.8, 4) is 0 Å². The molecule has 0 radical (unpaired) electrons. The molecule has 0 bridgehead atoms. The van der Waals surface area contributed by atoms with E-state index in [9.17, 15) is 14.4 Å². The van der Waals surface area contributed by atoms with E-state index in [0.29, 0.717) is 19.3 Å². The molecule has 6 heteroatoms. The average Bonchev–Trinajstić information content (AvgIpc) is 3.50. The van der Waals surface area contributed by atoms with Gasteiger partial charge in [0, 0.05) is 19.3 Å². The number of carbonyl (C=O) groups excluding carboxylic acids is 3. The lowest BCUT2D eigenvalue weighted by molar-refractivity contribution is -0.167. The summed E-state index contributed by atoms with van der Waals surface area (Å²) in [6.45, 7) is 6.58. The van der Waals surface area contributed by atoms with Crippen molar-refractivity contribution in [1.82, 2.24) is 0 Å². The monoisotopic (exact) mass is 1160 g/mol. The average molecular weight is 1160 g/mol. The van der Waals surface area contributed by atoms with Gasteiger partial charge < -0.3 is 14.2 Å². The van der Waals surface area contributed by atoms with Crippen LogP contribution in [0, 0.1) is 0 Å². The van der Waals surface area contributed by atoms with Crippen LogP contribution in [0.2, 0.25) is 0 Å². The second-order valence-electron chi connectivity index (χ2n) is 24.8. The molecule has 0 spiro atoms. The molecule has 1 unspecified atom stereocenters. The third-order valence-electron chi connectivity index (χ3n) is 16.5. The van der Waals surface area contributed by atoms with Gasteiger partial charge in [-0.1, -0.05) is 351 Å². The van der Waals surface area contributed by atoms with Crippen molar-refractivity contribution in [1.29, 1.82) is 0 Å². The molecular formula is C77H140O6. The van der Waals surface area contributed by atoms with Gasteiger partial charge in [-0.05, 0) is 83.5 Å². The lowest BCUT2D eigenvalue weighted by Crippen LogP contribution is -2.30. The van der Waals surface area contributed by atoms with E-state index in [0.717, 1.165) is 96.3 Å². The van der Waals surface area contributed by atoms with Crippen molar-refractivity contribution in [3.63, 3.8) is 0 Å². The number of carbonyl (C=O) groups is 3. The molecule has 0 saturated carbocycles. The maximum atomic E-state index is 13.0. The van der Waals surface area contributed by atoms with Gasteiger partial charge in [0.25, 0.3) is 0 Å². The number of unbranched alkanes of at least 4 members (excludes halogenated alkanes) is 47. The molecule has 484 valence electrons. The molecule has 0 aliphatic rings. The summed E-state index contributed by atoms with van der Waals surface area (Å²) in [5, 5.41) is 0. The van der Waals surface area contributed by atoms with Crippen molar-refractivity contribution < 1.29 is 28.6 Å². The second kappa shape index (κ2) is 71.6. The van der Waals surface area contributed by atoms with Crippen LogP contribution in [0.4, 0.5) is 0 Å². The minimum atomic E-state index is -0.786. The molecular weight excluding hydrogens is 1020 g/mol. The highest BCUT2D eigenvalue weighted by Crippen LogP contribution is 2.19. The Morgan fingerprint density at radius 1 is 0.253 bits per heavy atom. The van der Waals surface area contributed by atoms with E-state index in [-0.39, 0.29) is 31.1 Å². The zero-order chi connectivity index (χ0) is 59.9. The Balaban J connectivity index is 4.29. The third kappa shape index (κ3) is 69.8. The molecule has 83 heavy (non-hydrogen) atoms. The van der Waals surface area contributed by atoms with Crippen LogP contribution < -0.4 is 0 Å². The van der Waals surface area contributed by atoms with Crippen molar-refractivity contribution in [3.05, 3.63) is 60.8 Å². The molecule has 0 aromatic rings. The Morgan fingerprint density at radius 3 is 0.747 bits per heavy atom. The van der Waals surface area contributed by atoms with E-state index in [1.54, 1.807) is 0 Å².